The van der Waals surface area contributed by atoms with Crippen LogP contribution in [0.4, 0.5) is 17.2 Å². The van der Waals surface area contributed by atoms with Crippen LogP contribution in [0.3, 0.4) is 0 Å². The van der Waals surface area contributed by atoms with Gasteiger partial charge in [0.1, 0.15) is 5.82 Å². The standard InChI is InChI=1S/C52H39N3/c1-52(2)43-21-9-8-20-39(43)40-29-30-46-49(50(40)52)41-28-27-37(36-18-12-17-35(32-36)33-14-4-3-5-15-33)48(41)42-26-25-34-16-6-7-19-38(34)51(42)55(46)47-24-13-23-45(54-47)44-22-10-11-31-53-44/h3-26,29-32,37H,27-28H2,1-2H3. The second-order valence-electron chi connectivity index (χ2n) is 15.6. The predicted molar refractivity (Wildman–Crippen MR) is 228 cm³/mol. The number of hydrogen-bond donors (Lipinski definition) is 0. The lowest BCUT2D eigenvalue weighted by molar-refractivity contribution is 0.658. The lowest BCUT2D eigenvalue weighted by Gasteiger charge is -2.32. The van der Waals surface area contributed by atoms with E-state index in [4.69, 9.17) is 9.97 Å². The molecule has 0 saturated heterocycles. The first-order chi connectivity index (χ1) is 27.1. The fraction of sp³-hybridized carbons (Fsp3) is 0.115. The van der Waals surface area contributed by atoms with Crippen molar-refractivity contribution in [3.05, 3.63) is 198 Å². The highest BCUT2D eigenvalue weighted by Gasteiger charge is 2.44. The highest BCUT2D eigenvalue weighted by atomic mass is 15.2. The first-order valence-electron chi connectivity index (χ1n) is 19.4. The van der Waals surface area contributed by atoms with Gasteiger partial charge in [0.25, 0.3) is 0 Å². The smallest absolute Gasteiger partial charge is 0.138 e. The maximum atomic E-state index is 5.44. The number of pyridine rings is 2. The minimum atomic E-state index is -0.200. The Bertz CT molecular complexity index is 2850. The van der Waals surface area contributed by atoms with E-state index in [1.165, 1.54) is 83.4 Å². The van der Waals surface area contributed by atoms with Crippen LogP contribution >= 0.6 is 0 Å². The Balaban J connectivity index is 1.24. The number of nitrogens with zero attached hydrogens (tertiary/aromatic N) is 3. The van der Waals surface area contributed by atoms with Crippen molar-refractivity contribution in [3.8, 4) is 33.6 Å². The number of rotatable bonds is 4. The maximum absolute atomic E-state index is 5.44. The fourth-order valence-electron chi connectivity index (χ4n) is 9.92. The molecule has 55 heavy (non-hydrogen) atoms. The molecule has 6 aromatic carbocycles. The van der Waals surface area contributed by atoms with Crippen LogP contribution in [0.2, 0.25) is 0 Å². The summed E-state index contributed by atoms with van der Waals surface area (Å²) in [6.45, 7) is 4.84. The van der Waals surface area contributed by atoms with Crippen LogP contribution in [0, 0.1) is 0 Å². The molecule has 1 unspecified atom stereocenters. The molecule has 0 amide bonds. The molecule has 0 radical (unpaired) electrons. The second-order valence-corrected chi connectivity index (χ2v) is 15.6. The molecule has 0 bridgehead atoms. The topological polar surface area (TPSA) is 29.0 Å². The van der Waals surface area contributed by atoms with Crippen molar-refractivity contribution in [1.82, 2.24) is 9.97 Å². The molecule has 0 spiro atoms. The molecule has 3 aliphatic rings. The number of aromatic nitrogens is 2. The third-order valence-corrected chi connectivity index (χ3v) is 12.3. The molecule has 262 valence electrons. The number of anilines is 3. The minimum Gasteiger partial charge on any atom is -0.293 e. The van der Waals surface area contributed by atoms with Crippen molar-refractivity contribution in [2.75, 3.05) is 4.90 Å². The third-order valence-electron chi connectivity index (χ3n) is 12.3. The highest BCUT2D eigenvalue weighted by molar-refractivity contribution is 6.14. The van der Waals surface area contributed by atoms with E-state index in [2.05, 4.69) is 164 Å². The summed E-state index contributed by atoms with van der Waals surface area (Å²) in [6, 6.07) is 59.9. The van der Waals surface area contributed by atoms with Crippen LogP contribution in [0.5, 0.6) is 0 Å². The molecule has 3 heterocycles. The lowest BCUT2D eigenvalue weighted by Crippen LogP contribution is -2.20. The summed E-state index contributed by atoms with van der Waals surface area (Å²) < 4.78 is 0. The van der Waals surface area contributed by atoms with Gasteiger partial charge in [0, 0.05) is 34.0 Å². The predicted octanol–water partition coefficient (Wildman–Crippen LogP) is 13.5. The van der Waals surface area contributed by atoms with Crippen LogP contribution in [-0.4, -0.2) is 9.97 Å². The summed E-state index contributed by atoms with van der Waals surface area (Å²) in [4.78, 5) is 12.6. The van der Waals surface area contributed by atoms with Crippen LogP contribution in [0.1, 0.15) is 60.4 Å². The van der Waals surface area contributed by atoms with Gasteiger partial charge >= 0.3 is 0 Å². The Labute approximate surface area is 322 Å². The van der Waals surface area contributed by atoms with Gasteiger partial charge in [0.05, 0.1) is 22.8 Å². The average molecular weight is 706 g/mol. The molecule has 0 N–H and O–H groups in total. The van der Waals surface area contributed by atoms with E-state index >= 15 is 0 Å². The van der Waals surface area contributed by atoms with Gasteiger partial charge in [-0.25, -0.2) is 4.98 Å². The fourth-order valence-corrected chi connectivity index (χ4v) is 9.92. The Hall–Kier alpha value is -6.58. The van der Waals surface area contributed by atoms with Gasteiger partial charge in [-0.15, -0.1) is 0 Å². The van der Waals surface area contributed by atoms with Gasteiger partial charge < -0.3 is 0 Å². The van der Waals surface area contributed by atoms with E-state index in [1.54, 1.807) is 0 Å². The summed E-state index contributed by atoms with van der Waals surface area (Å²) in [6.07, 6.45) is 3.89. The monoisotopic (exact) mass is 705 g/mol. The number of hydrogen-bond acceptors (Lipinski definition) is 3. The summed E-state index contributed by atoms with van der Waals surface area (Å²) in [5.41, 5.74) is 18.8. The molecule has 2 aromatic heterocycles. The van der Waals surface area contributed by atoms with Crippen LogP contribution in [0.25, 0.3) is 55.6 Å². The summed E-state index contributed by atoms with van der Waals surface area (Å²) >= 11 is 0. The SMILES string of the molecule is CC1(C)c2ccccc2-c2ccc3c(c21)C1=C(c2ccc4ccccc4c2N3c2cccc(-c3ccccn3)n2)C(c2cccc(-c3ccccc3)c2)CC1. The molecule has 2 aliphatic carbocycles. The first-order valence-corrected chi connectivity index (χ1v) is 19.4. The zero-order chi connectivity index (χ0) is 36.7. The highest BCUT2D eigenvalue weighted by Crippen LogP contribution is 2.62. The number of benzene rings is 6. The van der Waals surface area contributed by atoms with Gasteiger partial charge in [0.15, 0.2) is 0 Å². The summed E-state index contributed by atoms with van der Waals surface area (Å²) in [5.74, 6) is 1.11. The molecule has 0 saturated carbocycles. The molecule has 3 nitrogen and oxygen atoms in total. The summed E-state index contributed by atoms with van der Waals surface area (Å²) in [7, 11) is 0. The van der Waals surface area contributed by atoms with E-state index in [1.807, 2.05) is 24.4 Å². The van der Waals surface area contributed by atoms with Crippen molar-refractivity contribution < 1.29 is 0 Å². The Morgan fingerprint density at radius 3 is 2.27 bits per heavy atom. The number of fused-ring (bicyclic) bond motifs is 10. The minimum absolute atomic E-state index is 0.200. The van der Waals surface area contributed by atoms with E-state index in [9.17, 15) is 0 Å². The van der Waals surface area contributed by atoms with Crippen molar-refractivity contribution in [1.29, 1.82) is 0 Å². The van der Waals surface area contributed by atoms with Crippen molar-refractivity contribution >= 4 is 39.1 Å². The second kappa shape index (κ2) is 12.2. The van der Waals surface area contributed by atoms with E-state index in [0.29, 0.717) is 0 Å². The van der Waals surface area contributed by atoms with Crippen molar-refractivity contribution in [2.24, 2.45) is 0 Å². The van der Waals surface area contributed by atoms with Crippen molar-refractivity contribution in [3.63, 3.8) is 0 Å². The van der Waals surface area contributed by atoms with Crippen LogP contribution in [-0.2, 0) is 5.41 Å². The Morgan fingerprint density at radius 1 is 0.618 bits per heavy atom. The molecule has 0 fully saturated rings. The van der Waals surface area contributed by atoms with E-state index in [0.717, 1.165) is 30.0 Å². The maximum Gasteiger partial charge on any atom is 0.138 e. The van der Waals surface area contributed by atoms with Gasteiger partial charge in [-0.05, 0) is 98.7 Å². The first kappa shape index (κ1) is 31.9. The molecular weight excluding hydrogens is 667 g/mol. The van der Waals surface area contributed by atoms with Gasteiger partial charge in [-0.1, -0.05) is 147 Å². The van der Waals surface area contributed by atoms with Gasteiger partial charge in [-0.2, -0.15) is 0 Å². The number of allylic oxidation sites excluding steroid dienone is 2. The zero-order valence-corrected chi connectivity index (χ0v) is 31.0. The lowest BCUT2D eigenvalue weighted by atomic mass is 9.77. The van der Waals surface area contributed by atoms with Crippen LogP contribution < -0.4 is 4.90 Å². The molecule has 8 aromatic rings. The van der Waals surface area contributed by atoms with Crippen molar-refractivity contribution in [2.45, 2.75) is 38.0 Å². The van der Waals surface area contributed by atoms with E-state index in [-0.39, 0.29) is 11.3 Å². The molecule has 11 rings (SSSR count). The largest absolute Gasteiger partial charge is 0.293 e. The quantitative estimate of drug-likeness (QED) is 0.183. The molecular formula is C52H39N3. The van der Waals surface area contributed by atoms with Gasteiger partial charge in [0.2, 0.25) is 0 Å². The molecule has 3 heteroatoms. The average Bonchev–Trinajstić information content (AvgIpc) is 3.74. The van der Waals surface area contributed by atoms with Crippen LogP contribution in [0.15, 0.2) is 170 Å². The zero-order valence-electron chi connectivity index (χ0n) is 31.0. The molecule has 1 aliphatic heterocycles. The Kier molecular flexibility index (Phi) is 7.09. The van der Waals surface area contributed by atoms with Gasteiger partial charge in [-0.3, -0.25) is 9.88 Å². The third kappa shape index (κ3) is 4.82. The van der Waals surface area contributed by atoms with E-state index < -0.39 is 0 Å². The Morgan fingerprint density at radius 2 is 1.38 bits per heavy atom. The summed E-state index contributed by atoms with van der Waals surface area (Å²) in [5, 5.41) is 2.43. The molecule has 1 atom stereocenters. The normalized spacial score (nSPS) is 16.3.